The van der Waals surface area contributed by atoms with E-state index in [-0.39, 0.29) is 10.6 Å². The van der Waals surface area contributed by atoms with E-state index in [1.807, 2.05) is 13.0 Å². The van der Waals surface area contributed by atoms with Gasteiger partial charge in [-0.2, -0.15) is 5.10 Å². The maximum absolute atomic E-state index is 13.2. The molecule has 32 heavy (non-hydrogen) atoms. The van der Waals surface area contributed by atoms with Crippen molar-refractivity contribution in [2.75, 3.05) is 14.2 Å². The number of sulfone groups is 1. The number of ether oxygens (including phenoxy) is 2. The van der Waals surface area contributed by atoms with Gasteiger partial charge in [-0.05, 0) is 39.3 Å². The number of hydrogen-bond acceptors (Lipinski definition) is 7. The normalized spacial score (nSPS) is 12.3. The van der Waals surface area contributed by atoms with Crippen molar-refractivity contribution in [1.82, 2.24) is 24.6 Å². The van der Waals surface area contributed by atoms with Crippen molar-refractivity contribution in [3.05, 3.63) is 42.5 Å². The zero-order valence-corrected chi connectivity index (χ0v) is 19.6. The van der Waals surface area contributed by atoms with E-state index in [4.69, 9.17) is 14.5 Å². The van der Waals surface area contributed by atoms with Crippen molar-refractivity contribution in [1.29, 1.82) is 0 Å². The summed E-state index contributed by atoms with van der Waals surface area (Å²) in [5.41, 5.74) is 4.09. The number of rotatable bonds is 5. The third-order valence-electron chi connectivity index (χ3n) is 5.29. The zero-order valence-electron chi connectivity index (χ0n) is 18.8. The first-order chi connectivity index (χ1) is 15.1. The highest BCUT2D eigenvalue weighted by molar-refractivity contribution is 7.92. The maximum Gasteiger partial charge on any atom is 0.188 e. The molecule has 0 aliphatic rings. The van der Waals surface area contributed by atoms with Crippen molar-refractivity contribution in [3.63, 3.8) is 0 Å². The van der Waals surface area contributed by atoms with Crippen LogP contribution in [0.1, 0.15) is 26.3 Å². The molecule has 0 atom stereocenters. The molecular weight excluding hydrogens is 430 g/mol. The predicted octanol–water partition coefficient (Wildman–Crippen LogP) is 3.68. The van der Waals surface area contributed by atoms with Crippen molar-refractivity contribution in [3.8, 4) is 34.1 Å². The minimum atomic E-state index is -3.68. The average molecular weight is 456 g/mol. The van der Waals surface area contributed by atoms with Crippen molar-refractivity contribution in [2.45, 2.75) is 37.3 Å². The Morgan fingerprint density at radius 1 is 1.09 bits per heavy atom. The van der Waals surface area contributed by atoms with Crippen LogP contribution < -0.4 is 9.47 Å². The highest BCUT2D eigenvalue weighted by atomic mass is 32.2. The second-order valence-corrected chi connectivity index (χ2v) is 11.1. The second kappa shape index (κ2) is 7.63. The van der Waals surface area contributed by atoms with Crippen LogP contribution in [0.5, 0.6) is 11.5 Å². The van der Waals surface area contributed by atoms with Crippen LogP contribution in [0.4, 0.5) is 0 Å². The molecule has 4 aromatic rings. The van der Waals surface area contributed by atoms with Crippen LogP contribution in [0, 0.1) is 6.92 Å². The molecule has 4 heterocycles. The van der Waals surface area contributed by atoms with Gasteiger partial charge in [-0.25, -0.2) is 18.4 Å². The molecule has 0 radical (unpaired) electrons. The number of methoxy groups -OCH3 is 2. The molecule has 4 aromatic heterocycles. The number of H-pyrrole nitrogens is 1. The lowest BCUT2D eigenvalue weighted by molar-refractivity contribution is 0.401. The lowest BCUT2D eigenvalue weighted by atomic mass is 10.1. The zero-order chi connectivity index (χ0) is 23.3. The summed E-state index contributed by atoms with van der Waals surface area (Å²) in [5.74, 6) is 0.893. The van der Waals surface area contributed by atoms with Gasteiger partial charge in [0.2, 0.25) is 0 Å². The molecular formula is C22H25N5O4S. The fourth-order valence-corrected chi connectivity index (χ4v) is 4.80. The van der Waals surface area contributed by atoms with Crippen molar-refractivity contribution < 1.29 is 17.9 Å². The molecule has 10 heteroatoms. The summed E-state index contributed by atoms with van der Waals surface area (Å²) in [6, 6.07) is 3.50. The first-order valence-electron chi connectivity index (χ1n) is 9.93. The van der Waals surface area contributed by atoms with Crippen LogP contribution in [0.2, 0.25) is 0 Å². The SMILES string of the molecule is COc1cc2ncc(-c3cc(C)c(OC)c(-c4cn[nH]c4)n3)n2cc1S(=O)(=O)C(C)(C)C. The van der Waals surface area contributed by atoms with Gasteiger partial charge in [0.15, 0.2) is 9.84 Å². The van der Waals surface area contributed by atoms with Crippen LogP contribution in [-0.2, 0) is 9.84 Å². The summed E-state index contributed by atoms with van der Waals surface area (Å²) >= 11 is 0. The maximum atomic E-state index is 13.2. The minimum absolute atomic E-state index is 0.0968. The van der Waals surface area contributed by atoms with E-state index in [1.165, 1.54) is 7.11 Å². The van der Waals surface area contributed by atoms with Gasteiger partial charge in [0.1, 0.15) is 27.7 Å². The van der Waals surface area contributed by atoms with Gasteiger partial charge in [0.05, 0.1) is 42.7 Å². The molecule has 1 N–H and O–H groups in total. The fraction of sp³-hybridized carbons (Fsp3) is 0.318. The first-order valence-corrected chi connectivity index (χ1v) is 11.4. The molecule has 0 saturated heterocycles. The molecule has 0 aliphatic carbocycles. The quantitative estimate of drug-likeness (QED) is 0.488. The minimum Gasteiger partial charge on any atom is -0.495 e. The van der Waals surface area contributed by atoms with Gasteiger partial charge < -0.3 is 9.47 Å². The number of nitrogens with one attached hydrogen (secondary N) is 1. The van der Waals surface area contributed by atoms with Gasteiger partial charge in [-0.3, -0.25) is 9.50 Å². The number of fused-ring (bicyclic) bond motifs is 1. The Morgan fingerprint density at radius 2 is 1.84 bits per heavy atom. The molecule has 0 saturated carbocycles. The monoisotopic (exact) mass is 455 g/mol. The molecule has 9 nitrogen and oxygen atoms in total. The van der Waals surface area contributed by atoms with E-state index in [2.05, 4.69) is 15.2 Å². The van der Waals surface area contributed by atoms with E-state index in [0.717, 1.165) is 11.1 Å². The molecule has 168 valence electrons. The largest absolute Gasteiger partial charge is 0.495 e. The molecule has 0 spiro atoms. The number of nitrogens with zero attached hydrogens (tertiary/aromatic N) is 4. The Hall–Kier alpha value is -3.40. The number of pyridine rings is 2. The van der Waals surface area contributed by atoms with Gasteiger partial charge in [-0.15, -0.1) is 0 Å². The molecule has 0 unspecified atom stereocenters. The van der Waals surface area contributed by atoms with Crippen LogP contribution in [0.15, 0.2) is 41.8 Å². The van der Waals surface area contributed by atoms with Crippen molar-refractivity contribution in [2.24, 2.45) is 0 Å². The third-order valence-corrected chi connectivity index (χ3v) is 7.79. The Morgan fingerprint density at radius 3 is 2.44 bits per heavy atom. The van der Waals surface area contributed by atoms with E-state index in [0.29, 0.717) is 28.5 Å². The number of hydrogen-bond donors (Lipinski definition) is 1. The summed E-state index contributed by atoms with van der Waals surface area (Å²) in [6.07, 6.45) is 6.62. The van der Waals surface area contributed by atoms with Crippen LogP contribution in [-0.4, -0.2) is 52.0 Å². The Balaban J connectivity index is 1.98. The Kier molecular flexibility index (Phi) is 5.20. The molecule has 0 aromatic carbocycles. The smallest absolute Gasteiger partial charge is 0.188 e. The van der Waals surface area contributed by atoms with Gasteiger partial charge in [0.25, 0.3) is 0 Å². The van der Waals surface area contributed by atoms with Crippen LogP contribution in [0.3, 0.4) is 0 Å². The lowest BCUT2D eigenvalue weighted by Gasteiger charge is -2.21. The summed E-state index contributed by atoms with van der Waals surface area (Å²) in [4.78, 5) is 9.34. The molecule has 0 fully saturated rings. The number of aromatic amines is 1. The second-order valence-electron chi connectivity index (χ2n) is 8.39. The van der Waals surface area contributed by atoms with Gasteiger partial charge in [-0.1, -0.05) is 0 Å². The van der Waals surface area contributed by atoms with Gasteiger partial charge in [0, 0.05) is 24.0 Å². The summed E-state index contributed by atoms with van der Waals surface area (Å²) < 4.78 is 38.2. The molecule has 4 rings (SSSR count). The van der Waals surface area contributed by atoms with Crippen LogP contribution in [0.25, 0.3) is 28.3 Å². The standard InChI is InChI=1S/C22H25N5O4S/c1-13-7-15(26-20(21(13)31-6)14-9-24-25-10-14)16-11-23-19-8-17(30-5)18(12-27(16)19)32(28,29)22(2,3)4/h7-12H,1-6H3,(H,24,25). The summed E-state index contributed by atoms with van der Waals surface area (Å²) in [7, 11) is -0.634. The number of aryl methyl sites for hydroxylation is 1. The Labute approximate surface area is 186 Å². The van der Waals surface area contributed by atoms with E-state index in [1.54, 1.807) is 63.1 Å². The average Bonchev–Trinajstić information content (AvgIpc) is 3.41. The van der Waals surface area contributed by atoms with Crippen molar-refractivity contribution >= 4 is 15.5 Å². The highest BCUT2D eigenvalue weighted by Gasteiger charge is 2.34. The summed E-state index contributed by atoms with van der Waals surface area (Å²) in [6.45, 7) is 6.90. The van der Waals surface area contributed by atoms with E-state index in [9.17, 15) is 8.42 Å². The van der Waals surface area contributed by atoms with E-state index >= 15 is 0 Å². The van der Waals surface area contributed by atoms with Crippen LogP contribution >= 0.6 is 0 Å². The Bertz CT molecular complexity index is 1400. The molecule has 0 amide bonds. The topological polar surface area (TPSA) is 111 Å². The lowest BCUT2D eigenvalue weighted by Crippen LogP contribution is -2.28. The first kappa shape index (κ1) is 21.8. The predicted molar refractivity (Wildman–Crippen MR) is 121 cm³/mol. The molecule has 0 bridgehead atoms. The van der Waals surface area contributed by atoms with Gasteiger partial charge >= 0.3 is 0 Å². The number of aromatic nitrogens is 5. The third kappa shape index (κ3) is 3.40. The molecule has 0 aliphatic heterocycles. The highest BCUT2D eigenvalue weighted by Crippen LogP contribution is 2.36. The number of imidazole rings is 1. The fourth-order valence-electron chi connectivity index (χ4n) is 3.49. The van der Waals surface area contributed by atoms with E-state index < -0.39 is 14.6 Å². The summed E-state index contributed by atoms with van der Waals surface area (Å²) in [5, 5.41) is 6.80.